The largest absolute Gasteiger partial charge is 0.478 e. The second-order valence-corrected chi connectivity index (χ2v) is 4.58. The summed E-state index contributed by atoms with van der Waals surface area (Å²) in [6.45, 7) is 0. The van der Waals surface area contributed by atoms with E-state index in [0.29, 0.717) is 27.8 Å². The van der Waals surface area contributed by atoms with Gasteiger partial charge in [-0.15, -0.1) is 0 Å². The Morgan fingerprint density at radius 3 is 2.65 bits per heavy atom. The third-order valence-corrected chi connectivity index (χ3v) is 2.97. The van der Waals surface area contributed by atoms with Crippen molar-refractivity contribution in [2.45, 2.75) is 0 Å². The van der Waals surface area contributed by atoms with Gasteiger partial charge in [-0.3, -0.25) is 0 Å². The number of halogens is 1. The topological polar surface area (TPSA) is 75.4 Å². The highest BCUT2D eigenvalue weighted by Crippen LogP contribution is 2.24. The first-order valence-electron chi connectivity index (χ1n) is 5.78. The molecule has 0 atom stereocenters. The highest BCUT2D eigenvalue weighted by molar-refractivity contribution is 6.31. The van der Waals surface area contributed by atoms with Crippen LogP contribution in [0.5, 0.6) is 0 Å². The van der Waals surface area contributed by atoms with Crippen LogP contribution in [-0.4, -0.2) is 16.1 Å². The van der Waals surface area contributed by atoms with Gasteiger partial charge in [-0.25, -0.2) is 4.79 Å². The molecule has 0 bridgehead atoms. The Labute approximate surface area is 118 Å². The molecule has 2 N–H and O–H groups in total. The zero-order valence-electron chi connectivity index (χ0n) is 10.1. The minimum atomic E-state index is -0.965. The Morgan fingerprint density at radius 1 is 1.20 bits per heavy atom. The van der Waals surface area contributed by atoms with Crippen molar-refractivity contribution in [3.8, 4) is 0 Å². The Hall–Kier alpha value is -2.53. The standard InChI is InChI=1S/C14H9ClN2O3/c15-9-3-6-12-11(7-9)17-14(20-12)16-10-4-1-8(2-5-10)13(18)19/h1-7H,(H,16,17)(H,18,19). The number of carboxylic acids is 1. The van der Waals surface area contributed by atoms with Gasteiger partial charge in [0.25, 0.3) is 6.01 Å². The van der Waals surface area contributed by atoms with Crippen LogP contribution < -0.4 is 5.32 Å². The van der Waals surface area contributed by atoms with Gasteiger partial charge in [0.15, 0.2) is 5.58 Å². The number of benzene rings is 2. The lowest BCUT2D eigenvalue weighted by Crippen LogP contribution is -1.96. The molecule has 0 unspecified atom stereocenters. The summed E-state index contributed by atoms with van der Waals surface area (Å²) >= 11 is 5.88. The van der Waals surface area contributed by atoms with E-state index in [2.05, 4.69) is 10.3 Å². The zero-order valence-corrected chi connectivity index (χ0v) is 10.9. The number of nitrogens with zero attached hydrogens (tertiary/aromatic N) is 1. The summed E-state index contributed by atoms with van der Waals surface area (Å²) in [5.41, 5.74) is 2.19. The number of aromatic carboxylic acids is 1. The van der Waals surface area contributed by atoms with Gasteiger partial charge in [-0.1, -0.05) is 11.6 Å². The molecule has 1 heterocycles. The summed E-state index contributed by atoms with van der Waals surface area (Å²) in [5, 5.41) is 12.4. The summed E-state index contributed by atoms with van der Waals surface area (Å²) in [7, 11) is 0. The quantitative estimate of drug-likeness (QED) is 0.764. The normalized spacial score (nSPS) is 10.7. The van der Waals surface area contributed by atoms with E-state index in [4.69, 9.17) is 21.1 Å². The van der Waals surface area contributed by atoms with Crippen LogP contribution in [0.1, 0.15) is 10.4 Å². The number of rotatable bonds is 3. The number of oxazole rings is 1. The molecule has 0 aliphatic rings. The number of carboxylic acid groups (broad SMARTS) is 1. The molecule has 2 aromatic carbocycles. The molecule has 0 spiro atoms. The van der Waals surface area contributed by atoms with Crippen molar-refractivity contribution in [3.05, 3.63) is 53.1 Å². The lowest BCUT2D eigenvalue weighted by Gasteiger charge is -2.01. The fraction of sp³-hybridized carbons (Fsp3) is 0. The van der Waals surface area contributed by atoms with Crippen LogP contribution in [0, 0.1) is 0 Å². The monoisotopic (exact) mass is 288 g/mol. The van der Waals surface area contributed by atoms with E-state index in [0.717, 1.165) is 0 Å². The van der Waals surface area contributed by atoms with Crippen molar-refractivity contribution in [1.82, 2.24) is 4.98 Å². The Bertz CT molecular complexity index is 781. The average molecular weight is 289 g/mol. The van der Waals surface area contributed by atoms with Crippen LogP contribution in [0.15, 0.2) is 46.9 Å². The molecule has 1 aromatic heterocycles. The molecule has 100 valence electrons. The molecule has 3 aromatic rings. The molecular weight excluding hydrogens is 280 g/mol. The van der Waals surface area contributed by atoms with Gasteiger partial charge >= 0.3 is 5.97 Å². The molecule has 5 nitrogen and oxygen atoms in total. The molecular formula is C14H9ClN2O3. The summed E-state index contributed by atoms with van der Waals surface area (Å²) in [6.07, 6.45) is 0. The van der Waals surface area contributed by atoms with Crippen molar-refractivity contribution >= 4 is 40.4 Å². The van der Waals surface area contributed by atoms with Crippen molar-refractivity contribution in [2.75, 3.05) is 5.32 Å². The van der Waals surface area contributed by atoms with E-state index in [1.54, 1.807) is 30.3 Å². The second-order valence-electron chi connectivity index (χ2n) is 4.14. The summed E-state index contributed by atoms with van der Waals surface area (Å²) < 4.78 is 5.51. The molecule has 0 saturated heterocycles. The van der Waals surface area contributed by atoms with Crippen LogP contribution in [0.4, 0.5) is 11.7 Å². The zero-order chi connectivity index (χ0) is 14.1. The first-order chi connectivity index (χ1) is 9.61. The SMILES string of the molecule is O=C(O)c1ccc(Nc2nc3cc(Cl)ccc3o2)cc1. The lowest BCUT2D eigenvalue weighted by atomic mass is 10.2. The van der Waals surface area contributed by atoms with Crippen molar-refractivity contribution in [2.24, 2.45) is 0 Å². The molecule has 0 aliphatic carbocycles. The van der Waals surface area contributed by atoms with E-state index >= 15 is 0 Å². The molecule has 0 amide bonds. The van der Waals surface area contributed by atoms with Crippen molar-refractivity contribution in [1.29, 1.82) is 0 Å². The Kier molecular flexibility index (Phi) is 3.04. The van der Waals surface area contributed by atoms with E-state index in [-0.39, 0.29) is 5.56 Å². The molecule has 0 aliphatic heterocycles. The fourth-order valence-electron chi connectivity index (χ4n) is 1.77. The predicted octanol–water partition coefficient (Wildman–Crippen LogP) is 3.92. The van der Waals surface area contributed by atoms with Gasteiger partial charge in [0.2, 0.25) is 0 Å². The van der Waals surface area contributed by atoms with Gasteiger partial charge in [0.05, 0.1) is 5.56 Å². The number of hydrogen-bond donors (Lipinski definition) is 2. The van der Waals surface area contributed by atoms with Crippen LogP contribution in [0.2, 0.25) is 5.02 Å². The number of aromatic nitrogens is 1. The number of nitrogens with one attached hydrogen (secondary N) is 1. The van der Waals surface area contributed by atoms with Crippen LogP contribution in [0.3, 0.4) is 0 Å². The van der Waals surface area contributed by atoms with Crippen molar-refractivity contribution in [3.63, 3.8) is 0 Å². The third-order valence-electron chi connectivity index (χ3n) is 2.73. The minimum absolute atomic E-state index is 0.222. The van der Waals surface area contributed by atoms with Gasteiger partial charge in [-0.2, -0.15) is 4.98 Å². The second kappa shape index (κ2) is 4.86. The predicted molar refractivity (Wildman–Crippen MR) is 75.7 cm³/mol. The van der Waals surface area contributed by atoms with Gasteiger partial charge in [-0.05, 0) is 42.5 Å². The first-order valence-corrected chi connectivity index (χ1v) is 6.16. The number of fused-ring (bicyclic) bond motifs is 1. The Morgan fingerprint density at radius 2 is 1.95 bits per heavy atom. The summed E-state index contributed by atoms with van der Waals surface area (Å²) in [5.74, 6) is -0.965. The number of hydrogen-bond acceptors (Lipinski definition) is 4. The highest BCUT2D eigenvalue weighted by atomic mass is 35.5. The molecule has 3 rings (SSSR count). The first kappa shape index (κ1) is 12.5. The van der Waals surface area contributed by atoms with E-state index in [9.17, 15) is 4.79 Å². The maximum atomic E-state index is 10.8. The third kappa shape index (κ3) is 2.44. The fourth-order valence-corrected chi connectivity index (χ4v) is 1.94. The van der Waals surface area contributed by atoms with E-state index in [1.807, 2.05) is 0 Å². The number of carbonyl (C=O) groups is 1. The number of anilines is 2. The minimum Gasteiger partial charge on any atom is -0.478 e. The highest BCUT2D eigenvalue weighted by Gasteiger charge is 2.07. The maximum absolute atomic E-state index is 10.8. The average Bonchev–Trinajstić information content (AvgIpc) is 2.80. The van der Waals surface area contributed by atoms with Gasteiger partial charge in [0, 0.05) is 10.7 Å². The molecule has 0 saturated carbocycles. The van der Waals surface area contributed by atoms with Gasteiger partial charge < -0.3 is 14.8 Å². The summed E-state index contributed by atoms with van der Waals surface area (Å²) in [4.78, 5) is 15.0. The van der Waals surface area contributed by atoms with E-state index < -0.39 is 5.97 Å². The van der Waals surface area contributed by atoms with Crippen LogP contribution >= 0.6 is 11.6 Å². The molecule has 0 fully saturated rings. The molecule has 20 heavy (non-hydrogen) atoms. The summed E-state index contributed by atoms with van der Waals surface area (Å²) in [6, 6.07) is 11.8. The van der Waals surface area contributed by atoms with Crippen molar-refractivity contribution < 1.29 is 14.3 Å². The molecule has 6 heteroatoms. The van der Waals surface area contributed by atoms with E-state index in [1.165, 1.54) is 12.1 Å². The van der Waals surface area contributed by atoms with Crippen LogP contribution in [-0.2, 0) is 0 Å². The smallest absolute Gasteiger partial charge is 0.335 e. The molecule has 0 radical (unpaired) electrons. The Balaban J connectivity index is 1.87. The van der Waals surface area contributed by atoms with Crippen LogP contribution in [0.25, 0.3) is 11.1 Å². The lowest BCUT2D eigenvalue weighted by molar-refractivity contribution is 0.0697. The maximum Gasteiger partial charge on any atom is 0.335 e. The van der Waals surface area contributed by atoms with Gasteiger partial charge in [0.1, 0.15) is 5.52 Å².